The van der Waals surface area contributed by atoms with Gasteiger partial charge in [0.1, 0.15) is 24.2 Å². The van der Waals surface area contributed by atoms with Gasteiger partial charge in [-0.2, -0.15) is 5.26 Å². The molecule has 1 saturated heterocycles. The van der Waals surface area contributed by atoms with Gasteiger partial charge in [0.2, 0.25) is 0 Å². The van der Waals surface area contributed by atoms with E-state index >= 15 is 0 Å². The summed E-state index contributed by atoms with van der Waals surface area (Å²) in [5.41, 5.74) is 2.12. The maximum absolute atomic E-state index is 13.0. The van der Waals surface area contributed by atoms with E-state index < -0.39 is 0 Å². The van der Waals surface area contributed by atoms with E-state index in [1.165, 1.54) is 0 Å². The van der Waals surface area contributed by atoms with Crippen molar-refractivity contribution < 1.29 is 9.53 Å². The Labute approximate surface area is 175 Å². The number of nitriles is 1. The van der Waals surface area contributed by atoms with Gasteiger partial charge in [-0.15, -0.1) is 0 Å². The van der Waals surface area contributed by atoms with Crippen LogP contribution < -0.4 is 9.64 Å². The summed E-state index contributed by atoms with van der Waals surface area (Å²) in [7, 11) is 0. The van der Waals surface area contributed by atoms with Crippen LogP contribution in [0.1, 0.15) is 21.5 Å². The summed E-state index contributed by atoms with van der Waals surface area (Å²) in [6.45, 7) is 2.81. The molecular formula is C23H21N5O2. The summed E-state index contributed by atoms with van der Waals surface area (Å²) in [6, 6.07) is 16.8. The van der Waals surface area contributed by atoms with Crippen molar-refractivity contribution in [2.75, 3.05) is 31.1 Å². The average molecular weight is 399 g/mol. The van der Waals surface area contributed by atoms with Crippen molar-refractivity contribution in [1.29, 1.82) is 5.26 Å². The molecule has 0 unspecified atom stereocenters. The lowest BCUT2D eigenvalue weighted by molar-refractivity contribution is 0.0746. The molecule has 4 rings (SSSR count). The second kappa shape index (κ2) is 9.05. The van der Waals surface area contributed by atoms with Crippen LogP contribution in [0.4, 0.5) is 5.82 Å². The Morgan fingerprint density at radius 2 is 1.90 bits per heavy atom. The van der Waals surface area contributed by atoms with Crippen molar-refractivity contribution in [2.24, 2.45) is 0 Å². The van der Waals surface area contributed by atoms with E-state index in [2.05, 4.69) is 20.9 Å². The van der Waals surface area contributed by atoms with Crippen LogP contribution in [0.5, 0.6) is 5.75 Å². The van der Waals surface area contributed by atoms with Crippen LogP contribution in [0.15, 0.2) is 67.1 Å². The fourth-order valence-corrected chi connectivity index (χ4v) is 3.41. The Kier molecular flexibility index (Phi) is 5.85. The number of piperazine rings is 1. The fraction of sp³-hybridized carbons (Fsp3) is 0.217. The Morgan fingerprint density at radius 3 is 2.67 bits per heavy atom. The molecule has 0 saturated carbocycles. The highest BCUT2D eigenvalue weighted by Crippen LogP contribution is 2.20. The van der Waals surface area contributed by atoms with Gasteiger partial charge in [0.05, 0.1) is 5.56 Å². The minimum Gasteiger partial charge on any atom is -0.489 e. The van der Waals surface area contributed by atoms with Crippen molar-refractivity contribution >= 4 is 11.7 Å². The number of rotatable bonds is 5. The molecule has 30 heavy (non-hydrogen) atoms. The van der Waals surface area contributed by atoms with Crippen LogP contribution in [0.2, 0.25) is 0 Å². The smallest absolute Gasteiger partial charge is 0.254 e. The van der Waals surface area contributed by atoms with E-state index in [0.29, 0.717) is 55.5 Å². The number of ether oxygens (including phenoxy) is 1. The number of nitrogens with zero attached hydrogens (tertiary/aromatic N) is 5. The zero-order chi connectivity index (χ0) is 20.8. The molecule has 0 bridgehead atoms. The molecule has 1 amide bonds. The van der Waals surface area contributed by atoms with E-state index in [1.54, 1.807) is 42.9 Å². The molecule has 0 atom stereocenters. The van der Waals surface area contributed by atoms with Crippen LogP contribution in [0.25, 0.3) is 0 Å². The molecule has 0 spiro atoms. The van der Waals surface area contributed by atoms with Gasteiger partial charge in [-0.25, -0.2) is 4.98 Å². The normalized spacial score (nSPS) is 13.6. The Balaban J connectivity index is 1.38. The van der Waals surface area contributed by atoms with Crippen LogP contribution in [-0.2, 0) is 6.61 Å². The topological polar surface area (TPSA) is 82.4 Å². The number of benzene rings is 1. The van der Waals surface area contributed by atoms with E-state index in [1.807, 2.05) is 29.2 Å². The highest BCUT2D eigenvalue weighted by atomic mass is 16.5. The summed E-state index contributed by atoms with van der Waals surface area (Å²) < 4.78 is 5.81. The summed E-state index contributed by atoms with van der Waals surface area (Å²) in [5.74, 6) is 1.30. The van der Waals surface area contributed by atoms with Gasteiger partial charge in [0.15, 0.2) is 0 Å². The van der Waals surface area contributed by atoms with Gasteiger partial charge >= 0.3 is 0 Å². The molecule has 3 aromatic rings. The highest BCUT2D eigenvalue weighted by molar-refractivity contribution is 5.94. The summed E-state index contributed by atoms with van der Waals surface area (Å²) >= 11 is 0. The van der Waals surface area contributed by atoms with E-state index in [4.69, 9.17) is 4.74 Å². The maximum atomic E-state index is 13.0. The van der Waals surface area contributed by atoms with Gasteiger partial charge in [0, 0.05) is 55.9 Å². The molecule has 1 aliphatic heterocycles. The van der Waals surface area contributed by atoms with Gasteiger partial charge < -0.3 is 14.5 Å². The first-order valence-corrected chi connectivity index (χ1v) is 9.76. The third-order valence-corrected chi connectivity index (χ3v) is 4.98. The molecule has 1 fully saturated rings. The molecule has 0 aliphatic carbocycles. The second-order valence-electron chi connectivity index (χ2n) is 6.94. The van der Waals surface area contributed by atoms with E-state index in [0.717, 1.165) is 5.56 Å². The number of hydrogen-bond donors (Lipinski definition) is 0. The first-order valence-electron chi connectivity index (χ1n) is 9.76. The number of pyridine rings is 2. The zero-order valence-corrected chi connectivity index (χ0v) is 16.4. The molecule has 7 nitrogen and oxygen atoms in total. The third kappa shape index (κ3) is 4.39. The Hall–Kier alpha value is -3.92. The molecule has 0 N–H and O–H groups in total. The Morgan fingerprint density at radius 1 is 1.07 bits per heavy atom. The van der Waals surface area contributed by atoms with Gasteiger partial charge in [-0.05, 0) is 36.4 Å². The maximum Gasteiger partial charge on any atom is 0.254 e. The molecule has 2 aromatic heterocycles. The minimum atomic E-state index is -0.0250. The van der Waals surface area contributed by atoms with Gasteiger partial charge in [0.25, 0.3) is 5.91 Å². The molecule has 0 radical (unpaired) electrons. The minimum absolute atomic E-state index is 0.0250. The van der Waals surface area contributed by atoms with Crippen LogP contribution in [0, 0.1) is 11.3 Å². The SMILES string of the molecule is N#Cc1cccnc1N1CCN(C(=O)c2cccc(OCc3cccnc3)c2)CC1. The number of carbonyl (C=O) groups is 1. The quantitative estimate of drug-likeness (QED) is 0.656. The standard InChI is InChI=1S/C23H21N5O2/c24-15-20-6-3-9-26-22(20)27-10-12-28(13-11-27)23(29)19-5-1-7-21(14-19)30-17-18-4-2-8-25-16-18/h1-9,14,16H,10-13,17H2. The van der Waals surface area contributed by atoms with Crippen LogP contribution in [-0.4, -0.2) is 47.0 Å². The lowest BCUT2D eigenvalue weighted by Gasteiger charge is -2.35. The van der Waals surface area contributed by atoms with Crippen molar-refractivity contribution in [3.8, 4) is 11.8 Å². The van der Waals surface area contributed by atoms with Crippen LogP contribution in [0.3, 0.4) is 0 Å². The van der Waals surface area contributed by atoms with Gasteiger partial charge in [-0.1, -0.05) is 12.1 Å². The second-order valence-corrected chi connectivity index (χ2v) is 6.94. The number of amides is 1. The first-order chi connectivity index (χ1) is 14.7. The fourth-order valence-electron chi connectivity index (χ4n) is 3.41. The van der Waals surface area contributed by atoms with Gasteiger partial charge in [-0.3, -0.25) is 9.78 Å². The van der Waals surface area contributed by atoms with E-state index in [9.17, 15) is 10.1 Å². The molecule has 1 aliphatic rings. The number of anilines is 1. The lowest BCUT2D eigenvalue weighted by Crippen LogP contribution is -2.49. The van der Waals surface area contributed by atoms with Crippen molar-refractivity contribution in [1.82, 2.24) is 14.9 Å². The summed E-state index contributed by atoms with van der Waals surface area (Å²) in [6.07, 6.45) is 5.16. The molecular weight excluding hydrogens is 378 g/mol. The summed E-state index contributed by atoms with van der Waals surface area (Å²) in [4.78, 5) is 25.3. The average Bonchev–Trinajstić information content (AvgIpc) is 2.83. The number of hydrogen-bond acceptors (Lipinski definition) is 6. The number of aromatic nitrogens is 2. The van der Waals surface area contributed by atoms with Crippen molar-refractivity contribution in [2.45, 2.75) is 6.61 Å². The predicted molar refractivity (Wildman–Crippen MR) is 112 cm³/mol. The van der Waals surface area contributed by atoms with Crippen molar-refractivity contribution in [3.05, 3.63) is 83.8 Å². The van der Waals surface area contributed by atoms with Crippen molar-refractivity contribution in [3.63, 3.8) is 0 Å². The molecule has 7 heteroatoms. The largest absolute Gasteiger partial charge is 0.489 e. The zero-order valence-electron chi connectivity index (χ0n) is 16.4. The lowest BCUT2D eigenvalue weighted by atomic mass is 10.1. The first kappa shape index (κ1) is 19.4. The highest BCUT2D eigenvalue weighted by Gasteiger charge is 2.24. The monoisotopic (exact) mass is 399 g/mol. The third-order valence-electron chi connectivity index (χ3n) is 4.98. The Bertz CT molecular complexity index is 1060. The van der Waals surface area contributed by atoms with E-state index in [-0.39, 0.29) is 5.91 Å². The number of carbonyl (C=O) groups excluding carboxylic acids is 1. The molecule has 3 heterocycles. The van der Waals surface area contributed by atoms with Crippen LogP contribution >= 0.6 is 0 Å². The molecule has 1 aromatic carbocycles. The summed E-state index contributed by atoms with van der Waals surface area (Å²) in [5, 5.41) is 9.28. The predicted octanol–water partition coefficient (Wildman–Crippen LogP) is 2.89. The molecule has 150 valence electrons.